The molecule has 0 spiro atoms. The van der Waals surface area contributed by atoms with Crippen LogP contribution < -0.4 is 5.73 Å². The van der Waals surface area contributed by atoms with Gasteiger partial charge in [0.05, 0.1) is 4.90 Å². The molecule has 2 heterocycles. The fraction of sp³-hybridized carbons (Fsp3) is 0.600. The quantitative estimate of drug-likeness (QED) is 0.860. The zero-order valence-electron chi connectivity index (χ0n) is 12.2. The van der Waals surface area contributed by atoms with E-state index >= 15 is 0 Å². The summed E-state index contributed by atoms with van der Waals surface area (Å²) in [6.07, 6.45) is 4.72. The minimum Gasteiger partial charge on any atom is -0.399 e. The van der Waals surface area contributed by atoms with Gasteiger partial charge in [0.1, 0.15) is 0 Å². The van der Waals surface area contributed by atoms with Gasteiger partial charge >= 0.3 is 0 Å². The molecule has 0 amide bonds. The van der Waals surface area contributed by atoms with Crippen LogP contribution in [0.2, 0.25) is 0 Å². The summed E-state index contributed by atoms with van der Waals surface area (Å²) in [7, 11) is -3.38. The summed E-state index contributed by atoms with van der Waals surface area (Å²) in [5.41, 5.74) is 6.21. The number of nitrogen functional groups attached to an aromatic ring is 1. The summed E-state index contributed by atoms with van der Waals surface area (Å²) in [6.45, 7) is 3.46. The molecule has 0 aliphatic carbocycles. The van der Waals surface area contributed by atoms with Crippen molar-refractivity contribution in [2.75, 3.05) is 31.9 Å². The number of likely N-dealkylation sites (tertiary alicyclic amines) is 1. The third kappa shape index (κ3) is 3.07. The first kappa shape index (κ1) is 14.8. The zero-order chi connectivity index (χ0) is 14.9. The number of sulfonamides is 1. The summed E-state index contributed by atoms with van der Waals surface area (Å²) >= 11 is 0. The van der Waals surface area contributed by atoms with Gasteiger partial charge in [-0.05, 0) is 56.6 Å². The highest BCUT2D eigenvalue weighted by Gasteiger charge is 2.35. The molecule has 1 aromatic rings. The van der Waals surface area contributed by atoms with Crippen LogP contribution in [0.25, 0.3) is 0 Å². The van der Waals surface area contributed by atoms with Crippen molar-refractivity contribution in [3.63, 3.8) is 0 Å². The molecule has 3 rings (SSSR count). The summed E-state index contributed by atoms with van der Waals surface area (Å²) in [4.78, 5) is 2.80. The molecule has 0 aromatic heterocycles. The van der Waals surface area contributed by atoms with Gasteiger partial charge in [-0.15, -0.1) is 0 Å². The van der Waals surface area contributed by atoms with Crippen LogP contribution in [0, 0.1) is 0 Å². The molecule has 2 aliphatic heterocycles. The van der Waals surface area contributed by atoms with Crippen LogP contribution in [0.15, 0.2) is 29.2 Å². The number of nitrogens with zero attached hydrogens (tertiary/aromatic N) is 2. The third-order valence-corrected chi connectivity index (χ3v) is 6.43. The average Bonchev–Trinajstić information content (AvgIpc) is 2.99. The molecule has 0 radical (unpaired) electrons. The van der Waals surface area contributed by atoms with Crippen LogP contribution in [0.1, 0.15) is 25.7 Å². The molecule has 2 aliphatic rings. The van der Waals surface area contributed by atoms with Crippen molar-refractivity contribution < 1.29 is 8.42 Å². The van der Waals surface area contributed by atoms with Crippen LogP contribution in [0.4, 0.5) is 5.69 Å². The minimum atomic E-state index is -3.38. The Balaban J connectivity index is 1.71. The van der Waals surface area contributed by atoms with E-state index in [1.807, 2.05) is 0 Å². The van der Waals surface area contributed by atoms with Crippen LogP contribution in [-0.2, 0) is 10.0 Å². The second kappa shape index (κ2) is 5.94. The normalized spacial score (nSPS) is 25.2. The monoisotopic (exact) mass is 309 g/mol. The lowest BCUT2D eigenvalue weighted by molar-refractivity contribution is 0.169. The lowest BCUT2D eigenvalue weighted by Gasteiger charge is -2.32. The van der Waals surface area contributed by atoms with Gasteiger partial charge in [0, 0.05) is 24.8 Å². The van der Waals surface area contributed by atoms with Gasteiger partial charge in [-0.3, -0.25) is 4.90 Å². The lowest BCUT2D eigenvalue weighted by Crippen LogP contribution is -2.41. The van der Waals surface area contributed by atoms with E-state index in [9.17, 15) is 8.42 Å². The molecule has 1 atom stereocenters. The van der Waals surface area contributed by atoms with E-state index in [2.05, 4.69) is 4.90 Å². The van der Waals surface area contributed by atoms with Crippen molar-refractivity contribution in [2.24, 2.45) is 0 Å². The Labute approximate surface area is 126 Å². The number of anilines is 1. The van der Waals surface area contributed by atoms with Crippen LogP contribution in [-0.4, -0.2) is 49.8 Å². The van der Waals surface area contributed by atoms with Crippen molar-refractivity contribution in [3.8, 4) is 0 Å². The van der Waals surface area contributed by atoms with Crippen LogP contribution in [0.3, 0.4) is 0 Å². The maximum Gasteiger partial charge on any atom is 0.243 e. The highest BCUT2D eigenvalue weighted by molar-refractivity contribution is 7.89. The Morgan fingerprint density at radius 1 is 1.00 bits per heavy atom. The largest absolute Gasteiger partial charge is 0.399 e. The van der Waals surface area contributed by atoms with Crippen LogP contribution >= 0.6 is 0 Å². The summed E-state index contributed by atoms with van der Waals surface area (Å²) in [6, 6.07) is 6.86. The fourth-order valence-electron chi connectivity index (χ4n) is 3.30. The van der Waals surface area contributed by atoms with E-state index in [0.717, 1.165) is 19.5 Å². The molecule has 2 fully saturated rings. The zero-order valence-corrected chi connectivity index (χ0v) is 13.1. The first-order chi connectivity index (χ1) is 10.1. The Bertz CT molecular complexity index is 579. The predicted octanol–water partition coefficient (Wildman–Crippen LogP) is 1.52. The number of hydrogen-bond acceptors (Lipinski definition) is 4. The number of piperidine rings is 1. The number of benzene rings is 1. The Hall–Kier alpha value is -1.11. The summed E-state index contributed by atoms with van der Waals surface area (Å²) in [5.74, 6) is 0. The van der Waals surface area contributed by atoms with E-state index in [0.29, 0.717) is 29.7 Å². The molecule has 6 heteroatoms. The van der Waals surface area contributed by atoms with Gasteiger partial charge in [-0.2, -0.15) is 4.31 Å². The highest BCUT2D eigenvalue weighted by atomic mass is 32.2. The van der Waals surface area contributed by atoms with Crippen molar-refractivity contribution in [1.29, 1.82) is 0 Å². The first-order valence-corrected chi connectivity index (χ1v) is 9.11. The molecule has 2 N–H and O–H groups in total. The van der Waals surface area contributed by atoms with Crippen molar-refractivity contribution in [2.45, 2.75) is 36.6 Å². The summed E-state index contributed by atoms with van der Waals surface area (Å²) in [5, 5.41) is 0. The van der Waals surface area contributed by atoms with Crippen LogP contribution in [0.5, 0.6) is 0 Å². The molecule has 21 heavy (non-hydrogen) atoms. The van der Waals surface area contributed by atoms with Gasteiger partial charge in [-0.25, -0.2) is 8.42 Å². The van der Waals surface area contributed by atoms with Gasteiger partial charge in [-0.1, -0.05) is 6.42 Å². The van der Waals surface area contributed by atoms with Gasteiger partial charge in [0.2, 0.25) is 10.0 Å². The lowest BCUT2D eigenvalue weighted by atomic mass is 10.1. The second-order valence-electron chi connectivity index (χ2n) is 5.97. The predicted molar refractivity (Wildman–Crippen MR) is 83.4 cm³/mol. The SMILES string of the molecule is Nc1ccc(S(=O)(=O)N2CCC(N3CCCCC3)C2)cc1. The van der Waals surface area contributed by atoms with E-state index < -0.39 is 10.0 Å². The molecule has 0 saturated carbocycles. The van der Waals surface area contributed by atoms with Gasteiger partial charge in [0.25, 0.3) is 0 Å². The molecule has 2 saturated heterocycles. The minimum absolute atomic E-state index is 0.344. The van der Waals surface area contributed by atoms with Gasteiger partial charge in [0.15, 0.2) is 0 Å². The van der Waals surface area contributed by atoms with Gasteiger partial charge < -0.3 is 5.73 Å². The van der Waals surface area contributed by atoms with E-state index in [-0.39, 0.29) is 0 Å². The van der Waals surface area contributed by atoms with E-state index in [4.69, 9.17) is 5.73 Å². The van der Waals surface area contributed by atoms with Crippen molar-refractivity contribution >= 4 is 15.7 Å². The highest BCUT2D eigenvalue weighted by Crippen LogP contribution is 2.25. The molecule has 0 bridgehead atoms. The Kier molecular flexibility index (Phi) is 4.19. The number of nitrogens with two attached hydrogens (primary N) is 1. The van der Waals surface area contributed by atoms with Crippen molar-refractivity contribution in [3.05, 3.63) is 24.3 Å². The fourth-order valence-corrected chi connectivity index (χ4v) is 4.79. The molecular formula is C15H23N3O2S. The average molecular weight is 309 g/mol. The second-order valence-corrected chi connectivity index (χ2v) is 7.91. The van der Waals surface area contributed by atoms with Crippen molar-refractivity contribution in [1.82, 2.24) is 9.21 Å². The van der Waals surface area contributed by atoms with E-state index in [1.54, 1.807) is 28.6 Å². The maximum atomic E-state index is 12.6. The first-order valence-electron chi connectivity index (χ1n) is 7.67. The maximum absolute atomic E-state index is 12.6. The smallest absolute Gasteiger partial charge is 0.243 e. The standard InChI is InChI=1S/C15H23N3O2S/c16-13-4-6-15(7-5-13)21(19,20)18-11-8-14(12-18)17-9-2-1-3-10-17/h4-7,14H,1-3,8-12,16H2. The number of rotatable bonds is 3. The Morgan fingerprint density at radius 2 is 1.67 bits per heavy atom. The molecule has 1 aromatic carbocycles. The topological polar surface area (TPSA) is 66.6 Å². The third-order valence-electron chi connectivity index (χ3n) is 4.55. The number of hydrogen-bond donors (Lipinski definition) is 1. The molecular weight excluding hydrogens is 286 g/mol. The Morgan fingerprint density at radius 3 is 2.33 bits per heavy atom. The molecule has 1 unspecified atom stereocenters. The summed E-state index contributed by atoms with van der Waals surface area (Å²) < 4.78 is 26.9. The van der Waals surface area contributed by atoms with E-state index in [1.165, 1.54) is 19.3 Å². The molecule has 5 nitrogen and oxygen atoms in total. The molecule has 116 valence electrons.